The summed E-state index contributed by atoms with van der Waals surface area (Å²) in [6.07, 6.45) is 0.777. The van der Waals surface area contributed by atoms with Gasteiger partial charge in [0.1, 0.15) is 0 Å². The first-order valence-corrected chi connectivity index (χ1v) is 7.41. The van der Waals surface area contributed by atoms with Crippen LogP contribution in [-0.2, 0) is 16.0 Å². The maximum absolute atomic E-state index is 12.6. The number of nitrogens with two attached hydrogens (primary N) is 1. The molecule has 1 aliphatic heterocycles. The fraction of sp³-hybridized carbons (Fsp3) is 0.438. The van der Waals surface area contributed by atoms with Crippen LogP contribution in [0.15, 0.2) is 24.3 Å². The Kier molecular flexibility index (Phi) is 4.14. The van der Waals surface area contributed by atoms with E-state index in [1.165, 1.54) is 4.90 Å². The molecule has 1 saturated heterocycles. The number of hydrogen-bond acceptors (Lipinski definition) is 3. The van der Waals surface area contributed by atoms with Gasteiger partial charge in [-0.2, -0.15) is 0 Å². The summed E-state index contributed by atoms with van der Waals surface area (Å²) >= 11 is 4.87. The minimum absolute atomic E-state index is 0.118. The van der Waals surface area contributed by atoms with Gasteiger partial charge < -0.3 is 5.73 Å². The molecule has 0 radical (unpaired) electrons. The smallest absolute Gasteiger partial charge is 0.240 e. The highest BCUT2D eigenvalue weighted by Crippen LogP contribution is 2.41. The van der Waals surface area contributed by atoms with Crippen LogP contribution >= 0.6 is 12.2 Å². The molecule has 4 nitrogen and oxygen atoms in total. The Morgan fingerprint density at radius 1 is 1.33 bits per heavy atom. The van der Waals surface area contributed by atoms with Crippen LogP contribution in [0.2, 0.25) is 0 Å². The highest BCUT2D eigenvalue weighted by atomic mass is 32.1. The van der Waals surface area contributed by atoms with Crippen LogP contribution in [0.25, 0.3) is 0 Å². The largest absolute Gasteiger partial charge is 0.393 e. The van der Waals surface area contributed by atoms with Crippen LogP contribution in [0.1, 0.15) is 32.8 Å². The molecule has 1 unspecified atom stereocenters. The lowest BCUT2D eigenvalue weighted by atomic mass is 9.78. The maximum Gasteiger partial charge on any atom is 0.240 e. The van der Waals surface area contributed by atoms with Crippen LogP contribution in [0.4, 0.5) is 5.69 Å². The Bertz CT molecular complexity index is 595. The highest BCUT2D eigenvalue weighted by Gasteiger charge is 2.50. The van der Waals surface area contributed by atoms with Gasteiger partial charge in [0, 0.05) is 12.8 Å². The topological polar surface area (TPSA) is 63.4 Å². The Labute approximate surface area is 130 Å². The Hall–Kier alpha value is -1.75. The van der Waals surface area contributed by atoms with Gasteiger partial charge in [-0.25, -0.2) is 0 Å². The average molecular weight is 304 g/mol. The molecule has 0 aliphatic carbocycles. The summed E-state index contributed by atoms with van der Waals surface area (Å²) in [5.41, 5.74) is 6.48. The molecule has 2 amide bonds. The monoisotopic (exact) mass is 304 g/mol. The zero-order valence-corrected chi connectivity index (χ0v) is 13.4. The second-order valence-electron chi connectivity index (χ2n) is 6.09. The fourth-order valence-corrected chi connectivity index (χ4v) is 2.68. The molecule has 0 bridgehead atoms. The predicted molar refractivity (Wildman–Crippen MR) is 87.0 cm³/mol. The standard InChI is InChI=1S/C16H20N2O2S/c1-10(2)16(3)9-14(19)18(15(16)20)12-6-4-11(5-7-12)8-13(17)21/h4-7,10H,8-9H2,1-3H3,(H2,17,21). The molecule has 1 heterocycles. The zero-order chi connectivity index (χ0) is 15.8. The van der Waals surface area contributed by atoms with Gasteiger partial charge in [-0.3, -0.25) is 14.5 Å². The number of thiocarbonyl (C=S) groups is 1. The van der Waals surface area contributed by atoms with E-state index in [1.54, 1.807) is 12.1 Å². The number of amides is 2. The number of benzene rings is 1. The first-order chi connectivity index (χ1) is 9.75. The van der Waals surface area contributed by atoms with E-state index in [0.29, 0.717) is 17.1 Å². The third-order valence-corrected chi connectivity index (χ3v) is 4.45. The molecule has 5 heteroatoms. The number of anilines is 1. The van der Waals surface area contributed by atoms with E-state index < -0.39 is 5.41 Å². The van der Waals surface area contributed by atoms with Crippen molar-refractivity contribution in [2.45, 2.75) is 33.6 Å². The maximum atomic E-state index is 12.6. The van der Waals surface area contributed by atoms with E-state index in [4.69, 9.17) is 18.0 Å². The van der Waals surface area contributed by atoms with Crippen LogP contribution < -0.4 is 10.6 Å². The summed E-state index contributed by atoms with van der Waals surface area (Å²) in [6, 6.07) is 7.24. The van der Waals surface area contributed by atoms with E-state index >= 15 is 0 Å². The van der Waals surface area contributed by atoms with E-state index in [0.717, 1.165) is 5.56 Å². The van der Waals surface area contributed by atoms with Crippen molar-refractivity contribution in [3.8, 4) is 0 Å². The molecule has 112 valence electrons. The minimum Gasteiger partial charge on any atom is -0.393 e. The Morgan fingerprint density at radius 2 is 1.90 bits per heavy atom. The average Bonchev–Trinajstić information content (AvgIpc) is 2.62. The van der Waals surface area contributed by atoms with Crippen LogP contribution in [0.5, 0.6) is 0 Å². The van der Waals surface area contributed by atoms with Crippen molar-refractivity contribution in [3.05, 3.63) is 29.8 Å². The van der Waals surface area contributed by atoms with Crippen molar-refractivity contribution in [2.24, 2.45) is 17.1 Å². The molecule has 2 N–H and O–H groups in total. The molecule has 1 atom stereocenters. The van der Waals surface area contributed by atoms with E-state index in [1.807, 2.05) is 32.9 Å². The molecule has 2 rings (SSSR count). The molecule has 0 saturated carbocycles. The summed E-state index contributed by atoms with van der Waals surface area (Å²) in [6.45, 7) is 5.80. The van der Waals surface area contributed by atoms with E-state index in [-0.39, 0.29) is 24.2 Å². The van der Waals surface area contributed by atoms with Gasteiger partial charge in [0.05, 0.1) is 16.1 Å². The molecule has 21 heavy (non-hydrogen) atoms. The van der Waals surface area contributed by atoms with Gasteiger partial charge in [0.25, 0.3) is 0 Å². The lowest BCUT2D eigenvalue weighted by Gasteiger charge is -2.26. The van der Waals surface area contributed by atoms with Gasteiger partial charge in [-0.15, -0.1) is 0 Å². The van der Waals surface area contributed by atoms with Crippen LogP contribution in [0, 0.1) is 11.3 Å². The zero-order valence-electron chi connectivity index (χ0n) is 12.6. The van der Waals surface area contributed by atoms with Crippen molar-refractivity contribution >= 4 is 34.7 Å². The first kappa shape index (κ1) is 15.6. The Balaban J connectivity index is 2.28. The second kappa shape index (κ2) is 5.56. The number of imide groups is 1. The molecule has 0 spiro atoms. The SMILES string of the molecule is CC(C)C1(C)CC(=O)N(c2ccc(CC(N)=S)cc2)C1=O. The van der Waals surface area contributed by atoms with Crippen molar-refractivity contribution < 1.29 is 9.59 Å². The number of nitrogens with zero attached hydrogens (tertiary/aromatic N) is 1. The lowest BCUT2D eigenvalue weighted by Crippen LogP contribution is -2.36. The molecule has 1 fully saturated rings. The molecule has 1 aliphatic rings. The summed E-state index contributed by atoms with van der Waals surface area (Å²) in [5, 5.41) is 0. The van der Waals surface area contributed by atoms with Gasteiger partial charge in [-0.1, -0.05) is 38.2 Å². The minimum atomic E-state index is -0.616. The normalized spacial score (nSPS) is 22.2. The predicted octanol–water partition coefficient (Wildman–Crippen LogP) is 2.44. The molecule has 1 aromatic rings. The fourth-order valence-electron chi connectivity index (χ4n) is 2.51. The summed E-state index contributed by atoms with van der Waals surface area (Å²) < 4.78 is 0. The van der Waals surface area contributed by atoms with Crippen LogP contribution in [0.3, 0.4) is 0 Å². The quantitative estimate of drug-likeness (QED) is 0.685. The number of carbonyl (C=O) groups excluding carboxylic acids is 2. The summed E-state index contributed by atoms with van der Waals surface area (Å²) in [4.78, 5) is 26.6. The van der Waals surface area contributed by atoms with Crippen molar-refractivity contribution in [1.29, 1.82) is 0 Å². The third-order valence-electron chi connectivity index (χ3n) is 4.31. The molecule has 1 aromatic carbocycles. The van der Waals surface area contributed by atoms with E-state index in [2.05, 4.69) is 0 Å². The van der Waals surface area contributed by atoms with Gasteiger partial charge >= 0.3 is 0 Å². The second-order valence-corrected chi connectivity index (χ2v) is 6.62. The lowest BCUT2D eigenvalue weighted by molar-refractivity contribution is -0.126. The number of carbonyl (C=O) groups is 2. The molecule has 0 aromatic heterocycles. The molecular formula is C16H20N2O2S. The van der Waals surface area contributed by atoms with Gasteiger partial charge in [0.15, 0.2) is 0 Å². The Morgan fingerprint density at radius 3 is 2.33 bits per heavy atom. The van der Waals surface area contributed by atoms with Crippen molar-refractivity contribution in [1.82, 2.24) is 0 Å². The number of hydrogen-bond donors (Lipinski definition) is 1. The molecular weight excluding hydrogens is 284 g/mol. The van der Waals surface area contributed by atoms with Crippen LogP contribution in [-0.4, -0.2) is 16.8 Å². The van der Waals surface area contributed by atoms with Crippen molar-refractivity contribution in [3.63, 3.8) is 0 Å². The first-order valence-electron chi connectivity index (χ1n) is 7.00. The third kappa shape index (κ3) is 2.83. The number of rotatable bonds is 4. The van der Waals surface area contributed by atoms with Gasteiger partial charge in [-0.05, 0) is 30.5 Å². The van der Waals surface area contributed by atoms with Gasteiger partial charge in [0.2, 0.25) is 11.8 Å². The van der Waals surface area contributed by atoms with E-state index in [9.17, 15) is 9.59 Å². The highest BCUT2D eigenvalue weighted by molar-refractivity contribution is 7.80. The summed E-state index contributed by atoms with van der Waals surface area (Å²) in [5.74, 6) is -0.143. The summed E-state index contributed by atoms with van der Waals surface area (Å²) in [7, 11) is 0. The van der Waals surface area contributed by atoms with Crippen molar-refractivity contribution in [2.75, 3.05) is 4.90 Å².